The molecule has 2 heterocycles. The summed E-state index contributed by atoms with van der Waals surface area (Å²) in [5.74, 6) is 0.935. The summed E-state index contributed by atoms with van der Waals surface area (Å²) in [4.78, 5) is 34.2. The van der Waals surface area contributed by atoms with Gasteiger partial charge in [0, 0.05) is 38.2 Å². The van der Waals surface area contributed by atoms with E-state index in [1.54, 1.807) is 13.3 Å². The molecule has 2 amide bonds. The molecule has 6 nitrogen and oxygen atoms in total. The number of methoxy groups -OCH3 is 1. The number of amides is 2. The molecular formula is C24H25N3O3S. The number of hydrogen-bond donors (Lipinski definition) is 0. The molecule has 1 saturated heterocycles. The lowest BCUT2D eigenvalue weighted by atomic mass is 10.1. The van der Waals surface area contributed by atoms with Gasteiger partial charge in [0.2, 0.25) is 5.91 Å². The van der Waals surface area contributed by atoms with Crippen LogP contribution in [0.25, 0.3) is 10.6 Å². The van der Waals surface area contributed by atoms with Crippen LogP contribution in [0.3, 0.4) is 0 Å². The van der Waals surface area contributed by atoms with Gasteiger partial charge in [0.25, 0.3) is 5.91 Å². The van der Waals surface area contributed by atoms with Gasteiger partial charge in [-0.3, -0.25) is 9.59 Å². The van der Waals surface area contributed by atoms with Crippen LogP contribution in [-0.2, 0) is 11.2 Å². The number of piperazine rings is 1. The number of aryl methyl sites for hydroxylation is 1. The van der Waals surface area contributed by atoms with Gasteiger partial charge in [-0.05, 0) is 24.1 Å². The highest BCUT2D eigenvalue weighted by molar-refractivity contribution is 7.16. The molecule has 0 unspecified atom stereocenters. The highest BCUT2D eigenvalue weighted by Crippen LogP contribution is 2.26. The lowest BCUT2D eigenvalue weighted by Crippen LogP contribution is -2.50. The van der Waals surface area contributed by atoms with Crippen molar-refractivity contribution in [2.45, 2.75) is 12.8 Å². The summed E-state index contributed by atoms with van der Waals surface area (Å²) in [6, 6.07) is 17.7. The van der Waals surface area contributed by atoms with E-state index in [0.717, 1.165) is 21.9 Å². The fourth-order valence-electron chi connectivity index (χ4n) is 3.60. The predicted octanol–water partition coefficient (Wildman–Crippen LogP) is 3.74. The number of thiazole rings is 1. The summed E-state index contributed by atoms with van der Waals surface area (Å²) in [5, 5.41) is 0.844. The Labute approximate surface area is 186 Å². The van der Waals surface area contributed by atoms with Gasteiger partial charge >= 0.3 is 0 Å². The molecule has 1 aliphatic heterocycles. The molecule has 0 N–H and O–H groups in total. The van der Waals surface area contributed by atoms with E-state index >= 15 is 0 Å². The third-order valence-electron chi connectivity index (χ3n) is 5.44. The number of aromatic nitrogens is 1. The van der Waals surface area contributed by atoms with Crippen molar-refractivity contribution in [3.05, 3.63) is 71.2 Å². The van der Waals surface area contributed by atoms with Crippen LogP contribution in [0.15, 0.2) is 60.8 Å². The van der Waals surface area contributed by atoms with E-state index in [0.29, 0.717) is 43.9 Å². The number of rotatable bonds is 6. The first-order chi connectivity index (χ1) is 15.1. The first kappa shape index (κ1) is 21.1. The molecule has 1 fully saturated rings. The highest BCUT2D eigenvalue weighted by Gasteiger charge is 2.26. The summed E-state index contributed by atoms with van der Waals surface area (Å²) in [7, 11) is 1.64. The summed E-state index contributed by atoms with van der Waals surface area (Å²) in [6.07, 6.45) is 2.82. The summed E-state index contributed by atoms with van der Waals surface area (Å²) < 4.78 is 5.16. The largest absolute Gasteiger partial charge is 0.497 e. The van der Waals surface area contributed by atoms with E-state index in [1.807, 2.05) is 64.4 Å². The van der Waals surface area contributed by atoms with Crippen molar-refractivity contribution in [2.75, 3.05) is 33.3 Å². The maximum absolute atomic E-state index is 12.9. The van der Waals surface area contributed by atoms with Crippen molar-refractivity contribution >= 4 is 23.2 Å². The first-order valence-electron chi connectivity index (χ1n) is 10.4. The van der Waals surface area contributed by atoms with Gasteiger partial charge in [-0.15, -0.1) is 11.3 Å². The second kappa shape index (κ2) is 9.75. The molecule has 4 rings (SSSR count). The summed E-state index contributed by atoms with van der Waals surface area (Å²) in [5.41, 5.74) is 2.13. The van der Waals surface area contributed by atoms with Crippen molar-refractivity contribution < 1.29 is 14.3 Å². The number of carbonyl (C=O) groups is 2. The van der Waals surface area contributed by atoms with Crippen molar-refractivity contribution in [3.8, 4) is 16.3 Å². The second-order valence-corrected chi connectivity index (χ2v) is 8.45. The lowest BCUT2D eigenvalue weighted by Gasteiger charge is -2.34. The number of nitrogens with zero attached hydrogens (tertiary/aromatic N) is 3. The molecule has 1 aromatic heterocycles. The standard InChI is InChI=1S/C24H25N3O3S/c1-30-20-10-7-18(8-11-20)9-12-22(28)26-13-15-27(16-14-26)24(29)21-17-25-23(31-21)19-5-3-2-4-6-19/h2-8,10-11,17H,9,12-16H2,1H3. The van der Waals surface area contributed by atoms with Crippen molar-refractivity contribution in [1.82, 2.24) is 14.8 Å². The molecule has 1 aliphatic rings. The van der Waals surface area contributed by atoms with Gasteiger partial charge in [0.1, 0.15) is 15.6 Å². The SMILES string of the molecule is COc1ccc(CCC(=O)N2CCN(C(=O)c3cnc(-c4ccccc4)s3)CC2)cc1. The van der Waals surface area contributed by atoms with Crippen LogP contribution in [0.2, 0.25) is 0 Å². The van der Waals surface area contributed by atoms with Gasteiger partial charge in [0.15, 0.2) is 0 Å². The van der Waals surface area contributed by atoms with Gasteiger partial charge in [-0.1, -0.05) is 42.5 Å². The minimum atomic E-state index is -0.00925. The van der Waals surface area contributed by atoms with Crippen LogP contribution in [-0.4, -0.2) is 59.9 Å². The predicted molar refractivity (Wildman–Crippen MR) is 121 cm³/mol. The van der Waals surface area contributed by atoms with Crippen LogP contribution < -0.4 is 4.74 Å². The minimum absolute atomic E-state index is 0.00925. The van der Waals surface area contributed by atoms with E-state index in [2.05, 4.69) is 4.98 Å². The topological polar surface area (TPSA) is 62.7 Å². The lowest BCUT2D eigenvalue weighted by molar-refractivity contribution is -0.132. The van der Waals surface area contributed by atoms with Crippen molar-refractivity contribution in [2.24, 2.45) is 0 Å². The monoisotopic (exact) mass is 435 g/mol. The third kappa shape index (κ3) is 5.11. The quantitative estimate of drug-likeness (QED) is 0.592. The molecule has 0 bridgehead atoms. The fourth-order valence-corrected chi connectivity index (χ4v) is 4.49. The fraction of sp³-hybridized carbons (Fsp3) is 0.292. The van der Waals surface area contributed by atoms with E-state index in [1.165, 1.54) is 11.3 Å². The zero-order valence-electron chi connectivity index (χ0n) is 17.5. The van der Waals surface area contributed by atoms with Crippen LogP contribution in [0.4, 0.5) is 0 Å². The van der Waals surface area contributed by atoms with Gasteiger partial charge in [0.05, 0.1) is 13.3 Å². The number of ether oxygens (including phenoxy) is 1. The molecule has 0 saturated carbocycles. The summed E-state index contributed by atoms with van der Waals surface area (Å²) >= 11 is 1.41. The number of carbonyl (C=O) groups excluding carboxylic acids is 2. The summed E-state index contributed by atoms with van der Waals surface area (Å²) in [6.45, 7) is 2.23. The number of benzene rings is 2. The minimum Gasteiger partial charge on any atom is -0.497 e. The maximum atomic E-state index is 12.9. The Morgan fingerprint density at radius 1 is 0.968 bits per heavy atom. The molecule has 160 valence electrons. The van der Waals surface area contributed by atoms with E-state index in [4.69, 9.17) is 4.74 Å². The smallest absolute Gasteiger partial charge is 0.265 e. The Balaban J connectivity index is 1.27. The Morgan fingerprint density at radius 3 is 2.32 bits per heavy atom. The number of hydrogen-bond acceptors (Lipinski definition) is 5. The Morgan fingerprint density at radius 2 is 1.65 bits per heavy atom. The molecule has 0 atom stereocenters. The zero-order valence-corrected chi connectivity index (χ0v) is 18.3. The highest BCUT2D eigenvalue weighted by atomic mass is 32.1. The second-order valence-electron chi connectivity index (χ2n) is 7.42. The van der Waals surface area contributed by atoms with Gasteiger partial charge < -0.3 is 14.5 Å². The molecule has 0 aliphatic carbocycles. The Hall–Kier alpha value is -3.19. The van der Waals surface area contributed by atoms with E-state index in [9.17, 15) is 9.59 Å². The van der Waals surface area contributed by atoms with E-state index < -0.39 is 0 Å². The maximum Gasteiger partial charge on any atom is 0.265 e. The molecule has 0 radical (unpaired) electrons. The first-order valence-corrected chi connectivity index (χ1v) is 11.2. The molecule has 0 spiro atoms. The zero-order chi connectivity index (χ0) is 21.6. The van der Waals surface area contributed by atoms with Crippen LogP contribution >= 0.6 is 11.3 Å². The van der Waals surface area contributed by atoms with Crippen molar-refractivity contribution in [1.29, 1.82) is 0 Å². The van der Waals surface area contributed by atoms with Gasteiger partial charge in [-0.2, -0.15) is 0 Å². The molecule has 31 heavy (non-hydrogen) atoms. The van der Waals surface area contributed by atoms with Crippen molar-refractivity contribution in [3.63, 3.8) is 0 Å². The van der Waals surface area contributed by atoms with Crippen LogP contribution in [0.1, 0.15) is 21.7 Å². The van der Waals surface area contributed by atoms with Gasteiger partial charge in [-0.25, -0.2) is 4.98 Å². The molecular weight excluding hydrogens is 410 g/mol. The third-order valence-corrected chi connectivity index (χ3v) is 6.48. The normalized spacial score (nSPS) is 13.8. The average molecular weight is 436 g/mol. The van der Waals surface area contributed by atoms with Crippen LogP contribution in [0, 0.1) is 0 Å². The van der Waals surface area contributed by atoms with E-state index in [-0.39, 0.29) is 11.8 Å². The molecule has 2 aromatic carbocycles. The molecule has 3 aromatic rings. The molecule has 7 heteroatoms. The Kier molecular flexibility index (Phi) is 6.62. The van der Waals surface area contributed by atoms with Crippen LogP contribution in [0.5, 0.6) is 5.75 Å². The Bertz CT molecular complexity index is 1030. The average Bonchev–Trinajstić information content (AvgIpc) is 3.33.